The van der Waals surface area contributed by atoms with Crippen molar-refractivity contribution in [2.45, 2.75) is 12.8 Å². The molecule has 0 fully saturated rings. The standard InChI is InChI=1S/C8H14N2O/c1-6-2-3-8(11-6)7(4-9)5-10/h2-3,7H,4-5,9-10H2,1H3. The minimum atomic E-state index is 0.170. The van der Waals surface area contributed by atoms with Gasteiger partial charge in [0, 0.05) is 19.0 Å². The molecule has 0 aliphatic heterocycles. The topological polar surface area (TPSA) is 65.2 Å². The highest BCUT2D eigenvalue weighted by molar-refractivity contribution is 5.10. The zero-order valence-corrected chi connectivity index (χ0v) is 6.71. The highest BCUT2D eigenvalue weighted by atomic mass is 16.3. The molecule has 1 aromatic rings. The first-order chi connectivity index (χ1) is 5.27. The summed E-state index contributed by atoms with van der Waals surface area (Å²) in [5, 5.41) is 0. The Morgan fingerprint density at radius 2 is 2.00 bits per heavy atom. The van der Waals surface area contributed by atoms with Crippen LogP contribution in [0.4, 0.5) is 0 Å². The molecule has 0 amide bonds. The van der Waals surface area contributed by atoms with E-state index in [2.05, 4.69) is 0 Å². The van der Waals surface area contributed by atoms with Crippen LogP contribution in [0.15, 0.2) is 16.5 Å². The largest absolute Gasteiger partial charge is 0.466 e. The fourth-order valence-corrected chi connectivity index (χ4v) is 1.00. The van der Waals surface area contributed by atoms with Crippen LogP contribution in [0.5, 0.6) is 0 Å². The zero-order valence-electron chi connectivity index (χ0n) is 6.71. The Bertz CT molecular complexity index is 216. The van der Waals surface area contributed by atoms with Gasteiger partial charge in [0.25, 0.3) is 0 Å². The van der Waals surface area contributed by atoms with Crippen molar-refractivity contribution < 1.29 is 4.42 Å². The van der Waals surface area contributed by atoms with E-state index in [-0.39, 0.29) is 5.92 Å². The van der Waals surface area contributed by atoms with Crippen LogP contribution in [-0.4, -0.2) is 13.1 Å². The van der Waals surface area contributed by atoms with E-state index in [0.717, 1.165) is 11.5 Å². The molecule has 0 spiro atoms. The van der Waals surface area contributed by atoms with Crippen LogP contribution in [-0.2, 0) is 0 Å². The van der Waals surface area contributed by atoms with Gasteiger partial charge in [-0.1, -0.05) is 0 Å². The van der Waals surface area contributed by atoms with Crippen molar-refractivity contribution in [3.63, 3.8) is 0 Å². The Morgan fingerprint density at radius 1 is 1.36 bits per heavy atom. The lowest BCUT2D eigenvalue weighted by Gasteiger charge is -2.07. The van der Waals surface area contributed by atoms with Crippen molar-refractivity contribution in [2.75, 3.05) is 13.1 Å². The molecule has 0 atom stereocenters. The van der Waals surface area contributed by atoms with Crippen molar-refractivity contribution >= 4 is 0 Å². The van der Waals surface area contributed by atoms with Gasteiger partial charge >= 0.3 is 0 Å². The van der Waals surface area contributed by atoms with Gasteiger partial charge in [0.15, 0.2) is 0 Å². The fraction of sp³-hybridized carbons (Fsp3) is 0.500. The molecule has 0 aromatic carbocycles. The Labute approximate surface area is 66.4 Å². The van der Waals surface area contributed by atoms with E-state index in [9.17, 15) is 0 Å². The normalized spacial score (nSPS) is 10.9. The second-order valence-corrected chi connectivity index (χ2v) is 2.62. The smallest absolute Gasteiger partial charge is 0.109 e. The summed E-state index contributed by atoms with van der Waals surface area (Å²) < 4.78 is 5.37. The van der Waals surface area contributed by atoms with Gasteiger partial charge in [0.2, 0.25) is 0 Å². The summed E-state index contributed by atoms with van der Waals surface area (Å²) in [6.45, 7) is 3.00. The van der Waals surface area contributed by atoms with Gasteiger partial charge in [0.1, 0.15) is 11.5 Å². The molecule has 0 bridgehead atoms. The predicted octanol–water partition coefficient (Wildman–Crippen LogP) is 0.589. The van der Waals surface area contributed by atoms with Crippen molar-refractivity contribution in [3.8, 4) is 0 Å². The first-order valence-electron chi connectivity index (χ1n) is 3.74. The van der Waals surface area contributed by atoms with Crippen LogP contribution < -0.4 is 11.5 Å². The predicted molar refractivity (Wildman–Crippen MR) is 44.3 cm³/mol. The van der Waals surface area contributed by atoms with E-state index in [1.165, 1.54) is 0 Å². The van der Waals surface area contributed by atoms with Crippen LogP contribution in [0, 0.1) is 6.92 Å². The number of aryl methyl sites for hydroxylation is 1. The van der Waals surface area contributed by atoms with Crippen molar-refractivity contribution in [1.29, 1.82) is 0 Å². The molecular weight excluding hydrogens is 140 g/mol. The van der Waals surface area contributed by atoms with Crippen LogP contribution >= 0.6 is 0 Å². The minimum Gasteiger partial charge on any atom is -0.466 e. The highest BCUT2D eigenvalue weighted by Gasteiger charge is 2.10. The van der Waals surface area contributed by atoms with E-state index in [1.54, 1.807) is 0 Å². The Kier molecular flexibility index (Phi) is 2.68. The summed E-state index contributed by atoms with van der Waals surface area (Å²) in [7, 11) is 0. The molecular formula is C8H14N2O. The molecule has 0 saturated heterocycles. The monoisotopic (exact) mass is 154 g/mol. The zero-order chi connectivity index (χ0) is 8.27. The quantitative estimate of drug-likeness (QED) is 0.669. The summed E-state index contributed by atoms with van der Waals surface area (Å²) in [6, 6.07) is 3.85. The van der Waals surface area contributed by atoms with E-state index < -0.39 is 0 Å². The van der Waals surface area contributed by atoms with Crippen LogP contribution in [0.1, 0.15) is 17.4 Å². The molecule has 11 heavy (non-hydrogen) atoms. The third-order valence-electron chi connectivity index (χ3n) is 1.73. The van der Waals surface area contributed by atoms with E-state index in [4.69, 9.17) is 15.9 Å². The second kappa shape index (κ2) is 3.55. The van der Waals surface area contributed by atoms with E-state index >= 15 is 0 Å². The summed E-state index contributed by atoms with van der Waals surface area (Å²) in [4.78, 5) is 0. The van der Waals surface area contributed by atoms with Gasteiger partial charge in [-0.25, -0.2) is 0 Å². The van der Waals surface area contributed by atoms with Crippen LogP contribution in [0.25, 0.3) is 0 Å². The average Bonchev–Trinajstić information content (AvgIpc) is 2.39. The van der Waals surface area contributed by atoms with Gasteiger partial charge in [-0.15, -0.1) is 0 Å². The molecule has 1 aromatic heterocycles. The molecule has 1 heterocycles. The lowest BCUT2D eigenvalue weighted by Crippen LogP contribution is -2.20. The summed E-state index contributed by atoms with van der Waals surface area (Å²) in [6.07, 6.45) is 0. The van der Waals surface area contributed by atoms with Gasteiger partial charge in [0.05, 0.1) is 0 Å². The number of hydrogen-bond acceptors (Lipinski definition) is 3. The van der Waals surface area contributed by atoms with Crippen LogP contribution in [0.3, 0.4) is 0 Å². The Morgan fingerprint density at radius 3 is 2.36 bits per heavy atom. The summed E-state index contributed by atoms with van der Waals surface area (Å²) in [5.74, 6) is 1.98. The number of rotatable bonds is 3. The number of furan rings is 1. The first kappa shape index (κ1) is 8.30. The molecule has 0 saturated carbocycles. The number of nitrogens with two attached hydrogens (primary N) is 2. The Hall–Kier alpha value is -0.800. The highest BCUT2D eigenvalue weighted by Crippen LogP contribution is 2.15. The van der Waals surface area contributed by atoms with Gasteiger partial charge in [-0.2, -0.15) is 0 Å². The van der Waals surface area contributed by atoms with Crippen molar-refractivity contribution in [1.82, 2.24) is 0 Å². The van der Waals surface area contributed by atoms with E-state index in [1.807, 2.05) is 19.1 Å². The lowest BCUT2D eigenvalue weighted by atomic mass is 10.1. The lowest BCUT2D eigenvalue weighted by molar-refractivity contribution is 0.447. The SMILES string of the molecule is Cc1ccc(C(CN)CN)o1. The van der Waals surface area contributed by atoms with Gasteiger partial charge in [-0.3, -0.25) is 0 Å². The second-order valence-electron chi connectivity index (χ2n) is 2.62. The Balaban J connectivity index is 2.73. The number of hydrogen-bond donors (Lipinski definition) is 2. The van der Waals surface area contributed by atoms with E-state index in [0.29, 0.717) is 13.1 Å². The van der Waals surface area contributed by atoms with Crippen LogP contribution in [0.2, 0.25) is 0 Å². The van der Waals surface area contributed by atoms with Crippen molar-refractivity contribution in [2.24, 2.45) is 11.5 Å². The molecule has 3 nitrogen and oxygen atoms in total. The maximum absolute atomic E-state index is 5.48. The fourth-order valence-electron chi connectivity index (χ4n) is 1.00. The minimum absolute atomic E-state index is 0.170. The first-order valence-corrected chi connectivity index (χ1v) is 3.74. The molecule has 4 N–H and O–H groups in total. The summed E-state index contributed by atoms with van der Waals surface area (Å²) in [5.41, 5.74) is 11.0. The average molecular weight is 154 g/mol. The molecule has 1 rings (SSSR count). The molecule has 3 heteroatoms. The molecule has 0 aliphatic rings. The maximum Gasteiger partial charge on any atom is 0.109 e. The summed E-state index contributed by atoms with van der Waals surface area (Å²) >= 11 is 0. The third kappa shape index (κ3) is 1.82. The van der Waals surface area contributed by atoms with Gasteiger partial charge in [-0.05, 0) is 19.1 Å². The molecule has 62 valence electrons. The maximum atomic E-state index is 5.48. The molecule has 0 radical (unpaired) electrons. The van der Waals surface area contributed by atoms with Crippen molar-refractivity contribution in [3.05, 3.63) is 23.7 Å². The third-order valence-corrected chi connectivity index (χ3v) is 1.73. The van der Waals surface area contributed by atoms with Gasteiger partial charge < -0.3 is 15.9 Å². The molecule has 0 unspecified atom stereocenters. The molecule has 0 aliphatic carbocycles.